The van der Waals surface area contributed by atoms with Gasteiger partial charge in [-0.15, -0.1) is 35.1 Å². The Hall–Kier alpha value is -2.47. The van der Waals surface area contributed by atoms with Gasteiger partial charge in [0.25, 0.3) is 5.56 Å². The molecule has 0 saturated carbocycles. The van der Waals surface area contributed by atoms with E-state index >= 15 is 0 Å². The molecular formula is C15H14ClN3O6S2. The average molecular weight is 432 g/mol. The van der Waals surface area contributed by atoms with Gasteiger partial charge in [0.1, 0.15) is 10.9 Å². The summed E-state index contributed by atoms with van der Waals surface area (Å²) in [4.78, 5) is 47.8. The molecule has 4 N–H and O–H groups in total. The third kappa shape index (κ3) is 3.81. The molecule has 3 aromatic rings. The van der Waals surface area contributed by atoms with E-state index in [2.05, 4.69) is 0 Å². The number of aliphatic carboxylic acids is 1. The summed E-state index contributed by atoms with van der Waals surface area (Å²) < 4.78 is 2.04. The summed E-state index contributed by atoms with van der Waals surface area (Å²) in [5, 5.41) is 23.2. The maximum Gasteiger partial charge on any atom is 0.346 e. The molecule has 0 spiro atoms. The summed E-state index contributed by atoms with van der Waals surface area (Å²) in [5.41, 5.74) is 4.88. The first-order valence-corrected chi connectivity index (χ1v) is 9.11. The molecule has 0 amide bonds. The van der Waals surface area contributed by atoms with E-state index in [-0.39, 0.29) is 35.8 Å². The van der Waals surface area contributed by atoms with E-state index in [1.54, 1.807) is 16.1 Å². The summed E-state index contributed by atoms with van der Waals surface area (Å²) >= 11 is 2.19. The zero-order chi connectivity index (χ0) is 19.0. The molecule has 0 fully saturated rings. The standard InChI is InChI=1S/C15H13N3O6S2.ClH/c16-9(13(20)21)4-17-10-6-25-5-8(10)12(19)18(15(17)24)3-7-1-2-26-11(7)14(22)23;/h1-2,5-6,9H,3-4,16H2,(H,20,21)(H,22,23);1H/t9-;/m0./s1. The summed E-state index contributed by atoms with van der Waals surface area (Å²) in [6, 6.07) is 0.211. The van der Waals surface area contributed by atoms with Crippen LogP contribution in [0.3, 0.4) is 0 Å². The van der Waals surface area contributed by atoms with Crippen LogP contribution in [0.5, 0.6) is 0 Å². The quantitative estimate of drug-likeness (QED) is 0.525. The number of carboxylic acid groups (broad SMARTS) is 2. The van der Waals surface area contributed by atoms with Crippen molar-refractivity contribution in [1.82, 2.24) is 9.13 Å². The van der Waals surface area contributed by atoms with Crippen molar-refractivity contribution in [2.45, 2.75) is 19.1 Å². The second-order valence-corrected chi connectivity index (χ2v) is 7.14. The van der Waals surface area contributed by atoms with Gasteiger partial charge in [-0.3, -0.25) is 18.7 Å². The molecule has 0 bridgehead atoms. The van der Waals surface area contributed by atoms with Crippen molar-refractivity contribution in [3.05, 3.63) is 53.5 Å². The Bertz CT molecular complexity index is 1130. The van der Waals surface area contributed by atoms with Gasteiger partial charge in [0.2, 0.25) is 0 Å². The monoisotopic (exact) mass is 431 g/mol. The van der Waals surface area contributed by atoms with E-state index in [1.807, 2.05) is 0 Å². The topological polar surface area (TPSA) is 145 Å². The van der Waals surface area contributed by atoms with Crippen LogP contribution < -0.4 is 17.0 Å². The Morgan fingerprint density at radius 3 is 2.52 bits per heavy atom. The fourth-order valence-electron chi connectivity index (χ4n) is 2.55. The molecule has 3 rings (SSSR count). The molecule has 0 aromatic carbocycles. The van der Waals surface area contributed by atoms with Crippen LogP contribution in [0.15, 0.2) is 31.8 Å². The second-order valence-electron chi connectivity index (χ2n) is 5.48. The molecule has 3 heterocycles. The van der Waals surface area contributed by atoms with Crippen molar-refractivity contribution < 1.29 is 19.8 Å². The van der Waals surface area contributed by atoms with Crippen molar-refractivity contribution in [1.29, 1.82) is 0 Å². The van der Waals surface area contributed by atoms with Gasteiger partial charge >= 0.3 is 17.6 Å². The van der Waals surface area contributed by atoms with Gasteiger partial charge in [-0.2, -0.15) is 0 Å². The minimum Gasteiger partial charge on any atom is -0.480 e. The first-order valence-electron chi connectivity index (χ1n) is 7.28. The van der Waals surface area contributed by atoms with Crippen molar-refractivity contribution in [3.8, 4) is 0 Å². The van der Waals surface area contributed by atoms with Gasteiger partial charge in [-0.1, -0.05) is 0 Å². The van der Waals surface area contributed by atoms with Gasteiger partial charge in [0.15, 0.2) is 0 Å². The van der Waals surface area contributed by atoms with Crippen LogP contribution in [0, 0.1) is 0 Å². The number of rotatable bonds is 6. The van der Waals surface area contributed by atoms with Crippen molar-refractivity contribution in [2.24, 2.45) is 5.73 Å². The van der Waals surface area contributed by atoms with E-state index < -0.39 is 29.2 Å². The van der Waals surface area contributed by atoms with Gasteiger partial charge in [0, 0.05) is 10.8 Å². The van der Waals surface area contributed by atoms with E-state index in [0.29, 0.717) is 11.1 Å². The number of nitrogens with zero attached hydrogens (tertiary/aromatic N) is 2. The third-order valence-corrected chi connectivity index (χ3v) is 5.51. The minimum absolute atomic E-state index is 0. The third-order valence-electron chi connectivity index (χ3n) is 3.84. The highest BCUT2D eigenvalue weighted by molar-refractivity contribution is 7.12. The molecule has 144 valence electrons. The van der Waals surface area contributed by atoms with Crippen LogP contribution in [0.1, 0.15) is 15.2 Å². The number of aromatic carboxylic acids is 1. The Labute approximate surface area is 165 Å². The van der Waals surface area contributed by atoms with Crippen LogP contribution >= 0.6 is 35.1 Å². The maximum atomic E-state index is 12.8. The summed E-state index contributed by atoms with van der Waals surface area (Å²) in [7, 11) is 0. The number of hydrogen-bond acceptors (Lipinski definition) is 7. The van der Waals surface area contributed by atoms with Crippen LogP contribution in [0.4, 0.5) is 0 Å². The molecule has 9 nitrogen and oxygen atoms in total. The lowest BCUT2D eigenvalue weighted by atomic mass is 10.2. The Kier molecular flexibility index (Phi) is 6.21. The van der Waals surface area contributed by atoms with Crippen LogP contribution in [-0.2, 0) is 17.9 Å². The first-order chi connectivity index (χ1) is 12.3. The number of carbonyl (C=O) groups is 2. The van der Waals surface area contributed by atoms with Crippen LogP contribution in [0.2, 0.25) is 0 Å². The van der Waals surface area contributed by atoms with Crippen molar-refractivity contribution in [2.75, 3.05) is 0 Å². The number of carboxylic acids is 2. The Morgan fingerprint density at radius 1 is 1.19 bits per heavy atom. The molecule has 0 aliphatic rings. The highest BCUT2D eigenvalue weighted by Crippen LogP contribution is 2.18. The lowest BCUT2D eigenvalue weighted by molar-refractivity contribution is -0.138. The van der Waals surface area contributed by atoms with Gasteiger partial charge in [0.05, 0.1) is 24.0 Å². The van der Waals surface area contributed by atoms with Crippen LogP contribution in [-0.4, -0.2) is 37.3 Å². The highest BCUT2D eigenvalue weighted by Gasteiger charge is 2.20. The smallest absolute Gasteiger partial charge is 0.346 e. The SMILES string of the molecule is Cl.N[C@@H](Cn1c(=O)n(Cc2ccsc2C(=O)O)c(=O)c2cscc21)C(=O)O. The summed E-state index contributed by atoms with van der Waals surface area (Å²) in [5.74, 6) is -2.42. The minimum atomic E-state index is -1.32. The average Bonchev–Trinajstić information content (AvgIpc) is 3.24. The zero-order valence-corrected chi connectivity index (χ0v) is 16.0. The fourth-order valence-corrected chi connectivity index (χ4v) is 4.11. The first kappa shape index (κ1) is 20.8. The summed E-state index contributed by atoms with van der Waals surface area (Å²) in [6.45, 7) is -0.534. The second kappa shape index (κ2) is 8.05. The molecule has 0 unspecified atom stereocenters. The normalized spacial score (nSPS) is 11.9. The van der Waals surface area contributed by atoms with Crippen molar-refractivity contribution in [3.63, 3.8) is 0 Å². The zero-order valence-electron chi connectivity index (χ0n) is 13.5. The van der Waals surface area contributed by atoms with Gasteiger partial charge < -0.3 is 15.9 Å². The van der Waals surface area contributed by atoms with Crippen molar-refractivity contribution >= 4 is 57.9 Å². The molecule has 12 heteroatoms. The molecule has 3 aromatic heterocycles. The number of thiophene rings is 2. The molecule has 1 atom stereocenters. The molecule has 0 radical (unpaired) electrons. The molecule has 0 saturated heterocycles. The molecular weight excluding hydrogens is 418 g/mol. The van der Waals surface area contributed by atoms with E-state index in [1.165, 1.54) is 17.4 Å². The van der Waals surface area contributed by atoms with Crippen LogP contribution in [0.25, 0.3) is 10.9 Å². The van der Waals surface area contributed by atoms with E-state index in [9.17, 15) is 24.3 Å². The highest BCUT2D eigenvalue weighted by atomic mass is 35.5. The number of nitrogens with two attached hydrogens (primary N) is 1. The Morgan fingerprint density at radius 2 is 1.89 bits per heavy atom. The Balaban J connectivity index is 0.00000261. The molecule has 27 heavy (non-hydrogen) atoms. The van der Waals surface area contributed by atoms with E-state index in [4.69, 9.17) is 10.8 Å². The molecule has 0 aliphatic heterocycles. The van der Waals surface area contributed by atoms with Gasteiger partial charge in [-0.25, -0.2) is 9.59 Å². The fraction of sp³-hybridized carbons (Fsp3) is 0.200. The number of aromatic nitrogens is 2. The van der Waals surface area contributed by atoms with E-state index in [0.717, 1.165) is 20.5 Å². The maximum absolute atomic E-state index is 12.8. The number of halogens is 1. The number of fused-ring (bicyclic) bond motifs is 1. The summed E-state index contributed by atoms with van der Waals surface area (Å²) in [6.07, 6.45) is 0. The predicted octanol–water partition coefficient (Wildman–Crippen LogP) is 0.866. The largest absolute Gasteiger partial charge is 0.480 e. The lowest BCUT2D eigenvalue weighted by Crippen LogP contribution is -2.44. The number of hydrogen-bond donors (Lipinski definition) is 3. The molecule has 0 aliphatic carbocycles. The lowest BCUT2D eigenvalue weighted by Gasteiger charge is -2.14. The van der Waals surface area contributed by atoms with Gasteiger partial charge in [-0.05, 0) is 17.0 Å². The predicted molar refractivity (Wildman–Crippen MR) is 104 cm³/mol.